The molecule has 5 nitrogen and oxygen atoms in total. The molecule has 1 aliphatic heterocycles. The predicted molar refractivity (Wildman–Crippen MR) is 111 cm³/mol. The van der Waals surface area contributed by atoms with Crippen LogP contribution in [0.3, 0.4) is 0 Å². The van der Waals surface area contributed by atoms with Gasteiger partial charge < -0.3 is 15.2 Å². The Morgan fingerprint density at radius 2 is 1.93 bits per heavy atom. The van der Waals surface area contributed by atoms with E-state index >= 15 is 0 Å². The van der Waals surface area contributed by atoms with Crippen molar-refractivity contribution in [2.45, 2.75) is 32.7 Å². The minimum absolute atomic E-state index is 0. The van der Waals surface area contributed by atoms with Crippen LogP contribution in [-0.4, -0.2) is 23.6 Å². The SMILES string of the molecule is CC(CC(=O)Nc1cccn(Cc2ccc(F)cc2)c1=O)C1CCNCC1.Cl. The van der Waals surface area contributed by atoms with E-state index in [4.69, 9.17) is 0 Å². The Morgan fingerprint density at radius 3 is 2.61 bits per heavy atom. The van der Waals surface area contributed by atoms with Crippen LogP contribution < -0.4 is 16.2 Å². The van der Waals surface area contributed by atoms with E-state index in [0.717, 1.165) is 31.5 Å². The van der Waals surface area contributed by atoms with Crippen LogP contribution in [0, 0.1) is 17.7 Å². The third-order valence-electron chi connectivity index (χ3n) is 5.26. The molecule has 0 bridgehead atoms. The molecule has 1 amide bonds. The van der Waals surface area contributed by atoms with Gasteiger partial charge in [-0.15, -0.1) is 12.4 Å². The Morgan fingerprint density at radius 1 is 1.25 bits per heavy atom. The van der Waals surface area contributed by atoms with Gasteiger partial charge >= 0.3 is 0 Å². The molecule has 1 aliphatic rings. The molecule has 2 N–H and O–H groups in total. The fourth-order valence-corrected chi connectivity index (χ4v) is 3.62. The fraction of sp³-hybridized carbons (Fsp3) is 0.429. The first-order chi connectivity index (χ1) is 13.0. The second kappa shape index (κ2) is 10.4. The molecule has 1 saturated heterocycles. The van der Waals surface area contributed by atoms with E-state index < -0.39 is 0 Å². The molecular formula is C21H27ClFN3O2. The number of halogens is 2. The molecule has 1 aromatic heterocycles. The second-order valence-corrected chi connectivity index (χ2v) is 7.30. The number of nitrogens with one attached hydrogen (secondary N) is 2. The second-order valence-electron chi connectivity index (χ2n) is 7.30. The Bertz CT molecular complexity index is 832. The number of piperidine rings is 1. The summed E-state index contributed by atoms with van der Waals surface area (Å²) in [6, 6.07) is 9.39. The highest BCUT2D eigenvalue weighted by atomic mass is 35.5. The fourth-order valence-electron chi connectivity index (χ4n) is 3.62. The Balaban J connectivity index is 0.00000280. The highest BCUT2D eigenvalue weighted by Crippen LogP contribution is 2.24. The summed E-state index contributed by atoms with van der Waals surface area (Å²) in [5, 5.41) is 6.10. The third-order valence-corrected chi connectivity index (χ3v) is 5.26. The number of nitrogens with zero attached hydrogens (tertiary/aromatic N) is 1. The van der Waals surface area contributed by atoms with Gasteiger partial charge in [0.25, 0.3) is 5.56 Å². The topological polar surface area (TPSA) is 63.1 Å². The zero-order valence-corrected chi connectivity index (χ0v) is 16.8. The minimum Gasteiger partial charge on any atom is -0.321 e. The largest absolute Gasteiger partial charge is 0.321 e. The number of aromatic nitrogens is 1. The Kier molecular flexibility index (Phi) is 8.20. The van der Waals surface area contributed by atoms with Gasteiger partial charge in [0.15, 0.2) is 0 Å². The normalized spacial score (nSPS) is 15.5. The molecule has 3 rings (SSSR count). The van der Waals surface area contributed by atoms with E-state index in [-0.39, 0.29) is 41.3 Å². The molecule has 2 aromatic rings. The van der Waals surface area contributed by atoms with Gasteiger partial charge in [0.1, 0.15) is 11.5 Å². The maximum Gasteiger partial charge on any atom is 0.274 e. The molecule has 0 aliphatic carbocycles. The van der Waals surface area contributed by atoms with E-state index in [2.05, 4.69) is 17.6 Å². The molecule has 0 spiro atoms. The molecule has 2 heterocycles. The number of pyridine rings is 1. The maximum atomic E-state index is 13.0. The van der Waals surface area contributed by atoms with Crippen molar-refractivity contribution in [3.05, 3.63) is 64.3 Å². The molecule has 1 unspecified atom stereocenters. The van der Waals surface area contributed by atoms with Crippen LogP contribution in [0.25, 0.3) is 0 Å². The van der Waals surface area contributed by atoms with Gasteiger partial charge in [-0.3, -0.25) is 9.59 Å². The van der Waals surface area contributed by atoms with Crippen LogP contribution in [0.4, 0.5) is 10.1 Å². The number of carbonyl (C=O) groups excluding carboxylic acids is 1. The summed E-state index contributed by atoms with van der Waals surface area (Å²) in [5.41, 5.74) is 0.841. The van der Waals surface area contributed by atoms with Crippen molar-refractivity contribution < 1.29 is 9.18 Å². The van der Waals surface area contributed by atoms with Crippen molar-refractivity contribution in [1.29, 1.82) is 0 Å². The molecule has 1 fully saturated rings. The van der Waals surface area contributed by atoms with Gasteiger partial charge in [-0.2, -0.15) is 0 Å². The summed E-state index contributed by atoms with van der Waals surface area (Å²) in [7, 11) is 0. The zero-order chi connectivity index (χ0) is 19.2. The van der Waals surface area contributed by atoms with Gasteiger partial charge in [0.05, 0.1) is 6.54 Å². The monoisotopic (exact) mass is 407 g/mol. The lowest BCUT2D eigenvalue weighted by Crippen LogP contribution is -2.32. The molecule has 0 radical (unpaired) electrons. The van der Waals surface area contributed by atoms with Gasteiger partial charge in [0.2, 0.25) is 5.91 Å². The molecule has 1 aromatic carbocycles. The summed E-state index contributed by atoms with van der Waals surface area (Å²) in [4.78, 5) is 25.0. The summed E-state index contributed by atoms with van der Waals surface area (Å²) in [6.07, 6.45) is 4.25. The number of benzene rings is 1. The highest BCUT2D eigenvalue weighted by molar-refractivity contribution is 5.90. The number of hydrogen-bond donors (Lipinski definition) is 2. The smallest absolute Gasteiger partial charge is 0.274 e. The molecule has 1 atom stereocenters. The highest BCUT2D eigenvalue weighted by Gasteiger charge is 2.22. The van der Waals surface area contributed by atoms with Crippen LogP contribution in [0.5, 0.6) is 0 Å². The van der Waals surface area contributed by atoms with E-state index in [1.165, 1.54) is 16.7 Å². The van der Waals surface area contributed by atoms with Gasteiger partial charge in [-0.25, -0.2) is 4.39 Å². The number of hydrogen-bond acceptors (Lipinski definition) is 3. The lowest BCUT2D eigenvalue weighted by atomic mass is 9.84. The summed E-state index contributed by atoms with van der Waals surface area (Å²) in [5.74, 6) is 0.396. The van der Waals surface area contributed by atoms with Gasteiger partial charge in [-0.1, -0.05) is 19.1 Å². The molecule has 28 heavy (non-hydrogen) atoms. The quantitative estimate of drug-likeness (QED) is 0.771. The van der Waals surface area contributed by atoms with Crippen LogP contribution in [0.15, 0.2) is 47.4 Å². The standard InChI is InChI=1S/C21H26FN3O2.ClH/c1-15(17-8-10-23-11-9-17)13-20(26)24-19-3-2-12-25(21(19)27)14-16-4-6-18(22)7-5-16;/h2-7,12,15,17,23H,8-11,13-14H2,1H3,(H,24,26);1H. The summed E-state index contributed by atoms with van der Waals surface area (Å²) >= 11 is 0. The first kappa shape index (κ1) is 22.1. The average molecular weight is 408 g/mol. The van der Waals surface area contributed by atoms with Crippen LogP contribution >= 0.6 is 12.4 Å². The van der Waals surface area contributed by atoms with Crippen molar-refractivity contribution >= 4 is 24.0 Å². The van der Waals surface area contributed by atoms with E-state index in [0.29, 0.717) is 18.9 Å². The van der Waals surface area contributed by atoms with Crippen LogP contribution in [-0.2, 0) is 11.3 Å². The third kappa shape index (κ3) is 5.91. The van der Waals surface area contributed by atoms with Crippen molar-refractivity contribution in [3.8, 4) is 0 Å². The number of amides is 1. The van der Waals surface area contributed by atoms with E-state index in [9.17, 15) is 14.0 Å². The van der Waals surface area contributed by atoms with Gasteiger partial charge in [-0.05, 0) is 67.6 Å². The van der Waals surface area contributed by atoms with Crippen molar-refractivity contribution in [2.75, 3.05) is 18.4 Å². The molecular weight excluding hydrogens is 381 g/mol. The van der Waals surface area contributed by atoms with Crippen molar-refractivity contribution in [3.63, 3.8) is 0 Å². The number of carbonyl (C=O) groups is 1. The lowest BCUT2D eigenvalue weighted by molar-refractivity contribution is -0.117. The van der Waals surface area contributed by atoms with Crippen LogP contribution in [0.2, 0.25) is 0 Å². The maximum absolute atomic E-state index is 13.0. The van der Waals surface area contributed by atoms with Crippen molar-refractivity contribution in [1.82, 2.24) is 9.88 Å². The first-order valence-electron chi connectivity index (χ1n) is 9.47. The predicted octanol–water partition coefficient (Wildman–Crippen LogP) is 3.42. The zero-order valence-electron chi connectivity index (χ0n) is 16.0. The summed E-state index contributed by atoms with van der Waals surface area (Å²) in [6.45, 7) is 4.44. The van der Waals surface area contributed by atoms with Crippen LogP contribution in [0.1, 0.15) is 31.7 Å². The number of anilines is 1. The molecule has 0 saturated carbocycles. The first-order valence-corrected chi connectivity index (χ1v) is 9.47. The van der Waals surface area contributed by atoms with Crippen molar-refractivity contribution in [2.24, 2.45) is 11.8 Å². The van der Waals surface area contributed by atoms with E-state index in [1.54, 1.807) is 30.5 Å². The molecule has 152 valence electrons. The lowest BCUT2D eigenvalue weighted by Gasteiger charge is -2.27. The summed E-state index contributed by atoms with van der Waals surface area (Å²) < 4.78 is 14.5. The van der Waals surface area contributed by atoms with Gasteiger partial charge in [0, 0.05) is 12.6 Å². The number of rotatable bonds is 6. The van der Waals surface area contributed by atoms with E-state index in [1.807, 2.05) is 0 Å². The Labute approximate surface area is 170 Å². The molecule has 7 heteroatoms. The average Bonchev–Trinajstić information content (AvgIpc) is 2.67. The minimum atomic E-state index is -0.310. The Hall–Kier alpha value is -2.18.